The first-order valence-electron chi connectivity index (χ1n) is 10.5. The predicted octanol–water partition coefficient (Wildman–Crippen LogP) is 3.96. The fourth-order valence-corrected chi connectivity index (χ4v) is 5.12. The van der Waals surface area contributed by atoms with Gasteiger partial charge in [-0.2, -0.15) is 0 Å². The molecule has 5 nitrogen and oxygen atoms in total. The molecule has 1 radical (unpaired) electrons. The summed E-state index contributed by atoms with van der Waals surface area (Å²) in [7, 11) is 0. The zero-order valence-corrected chi connectivity index (χ0v) is 17.5. The molecule has 31 heavy (non-hydrogen) atoms. The molecule has 0 N–H and O–H groups in total. The van der Waals surface area contributed by atoms with Crippen molar-refractivity contribution in [1.82, 2.24) is 4.98 Å². The maximum atomic E-state index is 6.20. The van der Waals surface area contributed by atoms with Gasteiger partial charge in [-0.25, -0.2) is 15.0 Å². The maximum Gasteiger partial charge on any atom is 0.236 e. The van der Waals surface area contributed by atoms with Crippen molar-refractivity contribution in [2.75, 3.05) is 0 Å². The smallest absolute Gasteiger partial charge is 0.236 e. The number of fused-ring (bicyclic) bond motifs is 6. The number of aromatic nitrogens is 1. The quantitative estimate of drug-likeness (QED) is 0.548. The van der Waals surface area contributed by atoms with Crippen LogP contribution < -0.4 is 0 Å². The summed E-state index contributed by atoms with van der Waals surface area (Å²) in [5.74, 6) is 1.23. The Morgan fingerprint density at radius 3 is 1.61 bits per heavy atom. The molecule has 0 saturated heterocycles. The molecule has 0 amide bonds. The van der Waals surface area contributed by atoms with Crippen LogP contribution in [0, 0.1) is 0 Å². The van der Waals surface area contributed by atoms with Crippen LogP contribution in [0.4, 0.5) is 0 Å². The van der Waals surface area contributed by atoms with Gasteiger partial charge >= 0.3 is 0 Å². The Morgan fingerprint density at radius 2 is 1.10 bits per heavy atom. The summed E-state index contributed by atoms with van der Waals surface area (Å²) in [6.45, 7) is 0. The van der Waals surface area contributed by atoms with E-state index in [-0.39, 0.29) is 41.4 Å². The summed E-state index contributed by atoms with van der Waals surface area (Å²) in [4.78, 5) is 14.5. The van der Waals surface area contributed by atoms with Gasteiger partial charge in [0.2, 0.25) is 11.8 Å². The Kier molecular flexibility index (Phi) is 4.27. The standard InChI is InChI=1S/C25H19N3O2.Cu/c1-3-8-16-14(6-1)12-20-22(16)27-24(29-20)18-10-5-11-19(26-18)25-28-23-17-9-4-2-7-15(17)13-21(23)30-25;/h1-11,20-23H,12-13H2;/t20-,21-,22+,23+;/m1./s1. The fourth-order valence-electron chi connectivity index (χ4n) is 5.12. The number of hydrogen-bond donors (Lipinski definition) is 0. The van der Waals surface area contributed by atoms with Crippen molar-refractivity contribution in [3.8, 4) is 0 Å². The van der Waals surface area contributed by atoms with E-state index in [0.717, 1.165) is 24.2 Å². The average molecular weight is 457 g/mol. The number of rotatable bonds is 2. The summed E-state index contributed by atoms with van der Waals surface area (Å²) in [6, 6.07) is 22.9. The second-order valence-electron chi connectivity index (χ2n) is 8.28. The van der Waals surface area contributed by atoms with E-state index in [0.29, 0.717) is 11.8 Å². The van der Waals surface area contributed by atoms with Crippen LogP contribution >= 0.6 is 0 Å². The van der Waals surface area contributed by atoms with Crippen molar-refractivity contribution in [3.05, 3.63) is 100 Å². The maximum absolute atomic E-state index is 6.20. The van der Waals surface area contributed by atoms with Gasteiger partial charge in [0.15, 0.2) is 0 Å². The molecular formula is C25H19CuN3O2. The zero-order valence-electron chi connectivity index (χ0n) is 16.5. The van der Waals surface area contributed by atoms with Crippen LogP contribution in [0.5, 0.6) is 0 Å². The van der Waals surface area contributed by atoms with E-state index < -0.39 is 0 Å². The Labute approximate surface area is 190 Å². The number of ether oxygens (including phenoxy) is 2. The molecule has 2 aromatic carbocycles. The normalized spacial score (nSPS) is 26.5. The first kappa shape index (κ1) is 18.8. The van der Waals surface area contributed by atoms with E-state index in [1.165, 1.54) is 22.3 Å². The van der Waals surface area contributed by atoms with Gasteiger partial charge in [0, 0.05) is 29.9 Å². The third kappa shape index (κ3) is 2.86. The molecule has 0 unspecified atom stereocenters. The summed E-state index contributed by atoms with van der Waals surface area (Å²) < 4.78 is 12.4. The second-order valence-corrected chi connectivity index (χ2v) is 8.28. The van der Waals surface area contributed by atoms with Gasteiger partial charge < -0.3 is 9.47 Å². The van der Waals surface area contributed by atoms with Crippen LogP contribution in [-0.2, 0) is 39.4 Å². The summed E-state index contributed by atoms with van der Waals surface area (Å²) in [5.41, 5.74) is 6.67. The minimum absolute atomic E-state index is 0. The number of nitrogens with zero attached hydrogens (tertiary/aromatic N) is 3. The fraction of sp³-hybridized carbons (Fsp3) is 0.240. The monoisotopic (exact) mass is 456 g/mol. The van der Waals surface area contributed by atoms with Crippen LogP contribution in [0.1, 0.15) is 45.7 Å². The van der Waals surface area contributed by atoms with E-state index in [1.54, 1.807) is 0 Å². The molecule has 6 heteroatoms. The molecule has 4 atom stereocenters. The number of benzene rings is 2. The topological polar surface area (TPSA) is 56.1 Å². The molecule has 0 saturated carbocycles. The first-order valence-corrected chi connectivity index (χ1v) is 10.5. The van der Waals surface area contributed by atoms with Crippen LogP contribution in [0.25, 0.3) is 0 Å². The van der Waals surface area contributed by atoms with Gasteiger partial charge in [-0.05, 0) is 34.4 Å². The van der Waals surface area contributed by atoms with Crippen molar-refractivity contribution in [2.24, 2.45) is 9.98 Å². The number of pyridine rings is 1. The van der Waals surface area contributed by atoms with Crippen molar-refractivity contribution < 1.29 is 26.5 Å². The van der Waals surface area contributed by atoms with Crippen LogP contribution in [0.3, 0.4) is 0 Å². The Hall–Kier alpha value is -2.95. The van der Waals surface area contributed by atoms with Crippen molar-refractivity contribution >= 4 is 11.8 Å². The third-order valence-corrected chi connectivity index (χ3v) is 6.52. The largest absolute Gasteiger partial charge is 0.470 e. The molecule has 1 aromatic heterocycles. The minimum Gasteiger partial charge on any atom is -0.470 e. The zero-order chi connectivity index (χ0) is 19.7. The summed E-state index contributed by atoms with van der Waals surface area (Å²) in [5, 5.41) is 0. The Morgan fingerprint density at radius 1 is 0.613 bits per heavy atom. The van der Waals surface area contributed by atoms with Gasteiger partial charge in [-0.3, -0.25) is 0 Å². The van der Waals surface area contributed by atoms with Crippen LogP contribution in [0.2, 0.25) is 0 Å². The number of hydrogen-bond acceptors (Lipinski definition) is 5. The second kappa shape index (κ2) is 7.04. The average Bonchev–Trinajstić information content (AvgIpc) is 3.52. The van der Waals surface area contributed by atoms with Gasteiger partial charge in [0.05, 0.1) is 0 Å². The van der Waals surface area contributed by atoms with Crippen LogP contribution in [-0.4, -0.2) is 29.0 Å². The molecule has 0 spiro atoms. The van der Waals surface area contributed by atoms with Crippen molar-refractivity contribution in [2.45, 2.75) is 37.1 Å². The molecule has 2 aliphatic heterocycles. The van der Waals surface area contributed by atoms with Gasteiger partial charge in [0.1, 0.15) is 35.7 Å². The molecule has 3 aromatic rings. The first-order chi connectivity index (χ1) is 14.8. The van der Waals surface area contributed by atoms with Gasteiger partial charge in [-0.15, -0.1) is 0 Å². The van der Waals surface area contributed by atoms with E-state index in [9.17, 15) is 0 Å². The predicted molar refractivity (Wildman–Crippen MR) is 113 cm³/mol. The molecule has 0 bridgehead atoms. The summed E-state index contributed by atoms with van der Waals surface area (Å²) >= 11 is 0. The molecule has 157 valence electrons. The van der Waals surface area contributed by atoms with E-state index in [4.69, 9.17) is 24.4 Å². The molecule has 0 fully saturated rings. The van der Waals surface area contributed by atoms with Gasteiger partial charge in [0.25, 0.3) is 0 Å². The van der Waals surface area contributed by atoms with E-state index in [2.05, 4.69) is 48.5 Å². The molecule has 3 heterocycles. The van der Waals surface area contributed by atoms with Crippen molar-refractivity contribution in [3.63, 3.8) is 0 Å². The van der Waals surface area contributed by atoms with Crippen molar-refractivity contribution in [1.29, 1.82) is 0 Å². The Bertz CT molecular complexity index is 1160. The molecule has 4 aliphatic rings. The molecule has 7 rings (SSSR count). The van der Waals surface area contributed by atoms with E-state index in [1.807, 2.05) is 18.2 Å². The number of aliphatic imine (C=N–C) groups is 2. The minimum atomic E-state index is 0. The SMILES string of the molecule is [Cu].c1cc(C2=N[C@H]3c4ccccc4C[C@H]3O2)nc(C2=N[C@H]3c4ccccc4C[C@H]3O2)c1. The molecular weight excluding hydrogens is 438 g/mol. The Balaban J connectivity index is 0.00000185. The van der Waals surface area contributed by atoms with E-state index >= 15 is 0 Å². The van der Waals surface area contributed by atoms with Crippen LogP contribution in [0.15, 0.2) is 76.7 Å². The molecule has 2 aliphatic carbocycles. The summed E-state index contributed by atoms with van der Waals surface area (Å²) in [6.07, 6.45) is 1.93. The third-order valence-electron chi connectivity index (χ3n) is 6.52. The van der Waals surface area contributed by atoms with Gasteiger partial charge in [-0.1, -0.05) is 54.6 Å².